The third-order valence-corrected chi connectivity index (χ3v) is 6.10. The van der Waals surface area contributed by atoms with E-state index in [2.05, 4.69) is 0 Å². The Morgan fingerprint density at radius 3 is 2.77 bits per heavy atom. The van der Waals surface area contributed by atoms with Crippen molar-refractivity contribution >= 4 is 11.8 Å². The lowest BCUT2D eigenvalue weighted by atomic mass is 9.85. The van der Waals surface area contributed by atoms with E-state index in [1.54, 1.807) is 6.07 Å². The Bertz CT molecular complexity index is 704. The molecular weight excluding hydrogens is 335 g/mol. The number of hydrogen-bond donors (Lipinski definition) is 0. The van der Waals surface area contributed by atoms with Crippen molar-refractivity contribution in [3.8, 4) is 0 Å². The summed E-state index contributed by atoms with van der Waals surface area (Å²) in [6.07, 6.45) is 3.07. The van der Waals surface area contributed by atoms with Gasteiger partial charge in [-0.2, -0.15) is 0 Å². The fraction of sp³-hybridized carbons (Fsp3) is 0.600. The van der Waals surface area contributed by atoms with Crippen molar-refractivity contribution < 1.29 is 18.7 Å². The third-order valence-electron chi connectivity index (χ3n) is 6.10. The topological polar surface area (TPSA) is 49.9 Å². The summed E-state index contributed by atoms with van der Waals surface area (Å²) in [5, 5.41) is 0. The van der Waals surface area contributed by atoms with Crippen LogP contribution in [0.2, 0.25) is 0 Å². The van der Waals surface area contributed by atoms with E-state index in [4.69, 9.17) is 4.74 Å². The fourth-order valence-corrected chi connectivity index (χ4v) is 4.54. The van der Waals surface area contributed by atoms with Gasteiger partial charge in [0.1, 0.15) is 5.82 Å². The zero-order chi connectivity index (χ0) is 18.1. The molecule has 0 radical (unpaired) electrons. The molecule has 4 rings (SSSR count). The molecule has 1 atom stereocenters. The van der Waals surface area contributed by atoms with E-state index in [0.29, 0.717) is 39.4 Å². The van der Waals surface area contributed by atoms with E-state index < -0.39 is 5.41 Å². The Morgan fingerprint density at radius 2 is 2.00 bits per heavy atom. The molecule has 0 bridgehead atoms. The monoisotopic (exact) mass is 360 g/mol. The lowest BCUT2D eigenvalue weighted by Crippen LogP contribution is -2.41. The van der Waals surface area contributed by atoms with Crippen molar-refractivity contribution in [3.05, 3.63) is 35.6 Å². The first-order valence-electron chi connectivity index (χ1n) is 9.48. The summed E-state index contributed by atoms with van der Waals surface area (Å²) in [5.74, 6) is 0.0577. The number of amides is 2. The molecule has 0 N–H and O–H groups in total. The van der Waals surface area contributed by atoms with Crippen LogP contribution in [0.1, 0.15) is 31.2 Å². The molecule has 26 heavy (non-hydrogen) atoms. The van der Waals surface area contributed by atoms with Crippen molar-refractivity contribution in [1.82, 2.24) is 9.80 Å². The van der Waals surface area contributed by atoms with Gasteiger partial charge in [-0.25, -0.2) is 4.39 Å². The summed E-state index contributed by atoms with van der Waals surface area (Å²) in [7, 11) is 0. The van der Waals surface area contributed by atoms with Gasteiger partial charge in [0.25, 0.3) is 0 Å². The van der Waals surface area contributed by atoms with Crippen molar-refractivity contribution in [2.75, 3.05) is 32.8 Å². The van der Waals surface area contributed by atoms with Crippen molar-refractivity contribution in [3.63, 3.8) is 0 Å². The molecule has 1 aromatic rings. The number of rotatable bonds is 3. The lowest BCUT2D eigenvalue weighted by Gasteiger charge is -2.28. The van der Waals surface area contributed by atoms with E-state index in [9.17, 15) is 14.0 Å². The number of benzene rings is 1. The molecule has 3 fully saturated rings. The summed E-state index contributed by atoms with van der Waals surface area (Å²) in [6, 6.07) is 6.41. The van der Waals surface area contributed by atoms with Gasteiger partial charge >= 0.3 is 0 Å². The molecule has 140 valence electrons. The lowest BCUT2D eigenvalue weighted by molar-refractivity contribution is -0.139. The number of nitrogens with zero attached hydrogens (tertiary/aromatic N) is 2. The zero-order valence-corrected chi connectivity index (χ0v) is 15.0. The van der Waals surface area contributed by atoms with Crippen LogP contribution in [0.4, 0.5) is 4.39 Å². The Balaban J connectivity index is 1.40. The highest BCUT2D eigenvalue weighted by atomic mass is 19.1. The Kier molecular flexibility index (Phi) is 4.69. The Morgan fingerprint density at radius 1 is 1.23 bits per heavy atom. The predicted molar refractivity (Wildman–Crippen MR) is 93.6 cm³/mol. The van der Waals surface area contributed by atoms with Gasteiger partial charge in [0.15, 0.2) is 0 Å². The van der Waals surface area contributed by atoms with Gasteiger partial charge < -0.3 is 14.5 Å². The smallest absolute Gasteiger partial charge is 0.231 e. The molecular formula is C20H25FN2O3. The quantitative estimate of drug-likeness (QED) is 0.830. The summed E-state index contributed by atoms with van der Waals surface area (Å²) < 4.78 is 18.7. The molecule has 2 amide bonds. The first kappa shape index (κ1) is 17.5. The van der Waals surface area contributed by atoms with Crippen LogP contribution in [-0.2, 0) is 20.9 Å². The molecule has 5 nitrogen and oxygen atoms in total. The maximum absolute atomic E-state index is 13.4. The van der Waals surface area contributed by atoms with Crippen molar-refractivity contribution in [2.45, 2.75) is 32.2 Å². The highest BCUT2D eigenvalue weighted by molar-refractivity contribution is 5.87. The number of hydrogen-bond acceptors (Lipinski definition) is 3. The standard InChI is InChI=1S/C20H25FN2O3/c21-17-3-1-2-15(12-17)13-22-8-6-20(19(22)25)7-9-23(14-20)18(24)16-4-10-26-11-5-16/h1-3,12,16H,4-11,13-14H2/t20-/m1/s1. The predicted octanol–water partition coefficient (Wildman–Crippen LogP) is 2.20. The molecule has 6 heteroatoms. The van der Waals surface area contributed by atoms with Crippen molar-refractivity contribution in [1.29, 1.82) is 0 Å². The highest BCUT2D eigenvalue weighted by Gasteiger charge is 2.51. The number of carbonyl (C=O) groups is 2. The Labute approximate surface area is 153 Å². The van der Waals surface area contributed by atoms with Crippen LogP contribution in [0.3, 0.4) is 0 Å². The van der Waals surface area contributed by atoms with Crippen LogP contribution in [0.15, 0.2) is 24.3 Å². The van der Waals surface area contributed by atoms with Gasteiger partial charge in [-0.15, -0.1) is 0 Å². The second-order valence-electron chi connectivity index (χ2n) is 7.78. The minimum atomic E-state index is -0.436. The minimum Gasteiger partial charge on any atom is -0.381 e. The normalized spacial score (nSPS) is 26.9. The second-order valence-corrected chi connectivity index (χ2v) is 7.78. The van der Waals surface area contributed by atoms with Gasteiger partial charge in [0, 0.05) is 45.3 Å². The van der Waals surface area contributed by atoms with Crippen LogP contribution in [0.25, 0.3) is 0 Å². The number of carbonyl (C=O) groups excluding carboxylic acids is 2. The van der Waals surface area contributed by atoms with Gasteiger partial charge in [-0.05, 0) is 43.4 Å². The summed E-state index contributed by atoms with van der Waals surface area (Å²) >= 11 is 0. The summed E-state index contributed by atoms with van der Waals surface area (Å²) in [5.41, 5.74) is 0.372. The van der Waals surface area contributed by atoms with Gasteiger partial charge in [-0.3, -0.25) is 9.59 Å². The first-order chi connectivity index (χ1) is 12.6. The fourth-order valence-electron chi connectivity index (χ4n) is 4.54. The molecule has 1 aromatic carbocycles. The van der Waals surface area contributed by atoms with Crippen LogP contribution in [0.5, 0.6) is 0 Å². The SMILES string of the molecule is O=C(C1CCOCC1)N1CC[C@]2(CCN(Cc3cccc(F)c3)C2=O)C1. The van der Waals surface area contributed by atoms with E-state index in [0.717, 1.165) is 31.2 Å². The second kappa shape index (κ2) is 6.99. The molecule has 3 saturated heterocycles. The number of likely N-dealkylation sites (tertiary alicyclic amines) is 2. The molecule has 0 unspecified atom stereocenters. The average molecular weight is 360 g/mol. The van der Waals surface area contributed by atoms with Gasteiger partial charge in [-0.1, -0.05) is 12.1 Å². The van der Waals surface area contributed by atoms with E-state index in [-0.39, 0.29) is 23.5 Å². The minimum absolute atomic E-state index is 0.0406. The van der Waals surface area contributed by atoms with Gasteiger partial charge in [0.2, 0.25) is 11.8 Å². The molecule has 3 aliphatic rings. The van der Waals surface area contributed by atoms with Crippen LogP contribution < -0.4 is 0 Å². The third kappa shape index (κ3) is 3.22. The highest BCUT2D eigenvalue weighted by Crippen LogP contribution is 2.42. The zero-order valence-electron chi connectivity index (χ0n) is 15.0. The number of ether oxygens (including phenoxy) is 1. The van der Waals surface area contributed by atoms with E-state index in [1.807, 2.05) is 15.9 Å². The van der Waals surface area contributed by atoms with E-state index >= 15 is 0 Å². The molecule has 0 aromatic heterocycles. The Hall–Kier alpha value is -1.95. The first-order valence-corrected chi connectivity index (χ1v) is 9.48. The maximum atomic E-state index is 13.4. The van der Waals surface area contributed by atoms with E-state index in [1.165, 1.54) is 12.1 Å². The number of halogens is 1. The summed E-state index contributed by atoms with van der Waals surface area (Å²) in [4.78, 5) is 29.5. The van der Waals surface area contributed by atoms with Crippen molar-refractivity contribution in [2.24, 2.45) is 11.3 Å². The molecule has 3 heterocycles. The van der Waals surface area contributed by atoms with Crippen LogP contribution >= 0.6 is 0 Å². The molecule has 3 aliphatic heterocycles. The average Bonchev–Trinajstić information content (AvgIpc) is 3.22. The molecule has 0 saturated carbocycles. The molecule has 0 aliphatic carbocycles. The van der Waals surface area contributed by atoms with Crippen LogP contribution in [-0.4, -0.2) is 54.5 Å². The summed E-state index contributed by atoms with van der Waals surface area (Å²) in [6.45, 7) is 3.60. The molecule has 1 spiro atoms. The largest absolute Gasteiger partial charge is 0.381 e. The maximum Gasteiger partial charge on any atom is 0.231 e. The van der Waals surface area contributed by atoms with Crippen LogP contribution in [0, 0.1) is 17.2 Å². The van der Waals surface area contributed by atoms with Gasteiger partial charge in [0.05, 0.1) is 5.41 Å².